The van der Waals surface area contributed by atoms with Gasteiger partial charge in [0.2, 0.25) is 10.0 Å². The summed E-state index contributed by atoms with van der Waals surface area (Å²) in [6.45, 7) is 4.15. The monoisotopic (exact) mass is 388 g/mol. The zero-order valence-electron chi connectivity index (χ0n) is 14.8. The third kappa shape index (κ3) is 3.95. The van der Waals surface area contributed by atoms with Crippen molar-refractivity contribution in [1.82, 2.24) is 9.71 Å². The fourth-order valence-electron chi connectivity index (χ4n) is 2.52. The van der Waals surface area contributed by atoms with Gasteiger partial charge in [-0.3, -0.25) is 0 Å². The smallest absolute Gasteiger partial charge is 0.240 e. The second-order valence-corrected chi connectivity index (χ2v) is 8.69. The second kappa shape index (κ2) is 7.57. The number of benzene rings is 2. The van der Waals surface area contributed by atoms with E-state index in [0.29, 0.717) is 5.75 Å². The summed E-state index contributed by atoms with van der Waals surface area (Å²) in [6.07, 6.45) is 0. The lowest BCUT2D eigenvalue weighted by Gasteiger charge is -2.07. The molecule has 0 amide bonds. The molecule has 5 nitrogen and oxygen atoms in total. The maximum Gasteiger partial charge on any atom is 0.240 e. The second-order valence-electron chi connectivity index (χ2n) is 5.84. The van der Waals surface area contributed by atoms with Gasteiger partial charge in [0.15, 0.2) is 0 Å². The van der Waals surface area contributed by atoms with Crippen molar-refractivity contribution < 1.29 is 13.2 Å². The van der Waals surface area contributed by atoms with Gasteiger partial charge in [-0.05, 0) is 43.7 Å². The lowest BCUT2D eigenvalue weighted by Crippen LogP contribution is -2.23. The number of nitrogens with zero attached hydrogens (tertiary/aromatic N) is 1. The van der Waals surface area contributed by atoms with E-state index in [-0.39, 0.29) is 11.4 Å². The molecule has 1 heterocycles. The van der Waals surface area contributed by atoms with Crippen LogP contribution in [0.1, 0.15) is 16.1 Å². The Morgan fingerprint density at radius 2 is 1.77 bits per heavy atom. The molecule has 0 aliphatic heterocycles. The van der Waals surface area contributed by atoms with Gasteiger partial charge >= 0.3 is 0 Å². The number of aromatic nitrogens is 1. The number of ether oxygens (including phenoxy) is 1. The van der Waals surface area contributed by atoms with Crippen molar-refractivity contribution in [3.8, 4) is 16.3 Å². The van der Waals surface area contributed by atoms with Gasteiger partial charge in [0.25, 0.3) is 0 Å². The molecule has 136 valence electrons. The molecule has 0 saturated heterocycles. The first-order valence-electron chi connectivity index (χ1n) is 8.07. The van der Waals surface area contributed by atoms with Gasteiger partial charge in [0.05, 0.1) is 17.7 Å². The molecule has 0 saturated carbocycles. The summed E-state index contributed by atoms with van der Waals surface area (Å²) in [5.41, 5.74) is 3.06. The molecule has 3 aromatic rings. The minimum Gasteiger partial charge on any atom is -0.497 e. The molecular formula is C19H20N2O3S2. The predicted octanol–water partition coefficient (Wildman–Crippen LogP) is 3.91. The third-order valence-corrected chi connectivity index (χ3v) is 6.67. The largest absolute Gasteiger partial charge is 0.497 e. The van der Waals surface area contributed by atoms with E-state index in [1.807, 2.05) is 38.1 Å². The Morgan fingerprint density at radius 1 is 1.08 bits per heavy atom. The van der Waals surface area contributed by atoms with Gasteiger partial charge in [0, 0.05) is 17.0 Å². The van der Waals surface area contributed by atoms with Crippen LogP contribution in [-0.4, -0.2) is 20.5 Å². The van der Waals surface area contributed by atoms with Crippen molar-refractivity contribution in [2.24, 2.45) is 0 Å². The lowest BCUT2D eigenvalue weighted by molar-refractivity contribution is 0.414. The fourth-order valence-corrected chi connectivity index (χ4v) is 4.70. The van der Waals surface area contributed by atoms with Gasteiger partial charge < -0.3 is 4.74 Å². The molecular weight excluding hydrogens is 368 g/mol. The Bertz CT molecular complexity index is 1010. The van der Waals surface area contributed by atoms with E-state index in [9.17, 15) is 8.42 Å². The predicted molar refractivity (Wildman–Crippen MR) is 104 cm³/mol. The summed E-state index contributed by atoms with van der Waals surface area (Å²) in [5, 5.41) is 0.902. The van der Waals surface area contributed by atoms with Gasteiger partial charge in [-0.15, -0.1) is 11.3 Å². The number of hydrogen-bond donors (Lipinski definition) is 1. The first-order valence-corrected chi connectivity index (χ1v) is 10.4. The van der Waals surface area contributed by atoms with Crippen LogP contribution in [0.25, 0.3) is 10.6 Å². The van der Waals surface area contributed by atoms with Crippen molar-refractivity contribution in [3.05, 3.63) is 64.7 Å². The standard InChI is InChI=1S/C19H20N2O3S2/c1-13-6-4-5-7-17(13)19-21-14(2)18(25-19)12-20-26(22,23)16-10-8-15(24-3)9-11-16/h4-11,20H,12H2,1-3H3. The average Bonchev–Trinajstić information content (AvgIpc) is 3.01. The summed E-state index contributed by atoms with van der Waals surface area (Å²) < 4.78 is 32.7. The topological polar surface area (TPSA) is 68.3 Å². The van der Waals surface area contributed by atoms with Crippen LogP contribution in [0.5, 0.6) is 5.75 Å². The van der Waals surface area contributed by atoms with Crippen molar-refractivity contribution in [3.63, 3.8) is 0 Å². The molecule has 0 unspecified atom stereocenters. The van der Waals surface area contributed by atoms with Crippen molar-refractivity contribution >= 4 is 21.4 Å². The summed E-state index contributed by atoms with van der Waals surface area (Å²) in [6, 6.07) is 14.3. The molecule has 0 spiro atoms. The van der Waals surface area contributed by atoms with Crippen molar-refractivity contribution in [2.45, 2.75) is 25.3 Å². The van der Waals surface area contributed by atoms with Crippen LogP contribution in [0.2, 0.25) is 0 Å². The van der Waals surface area contributed by atoms with Gasteiger partial charge in [-0.2, -0.15) is 0 Å². The summed E-state index contributed by atoms with van der Waals surface area (Å²) in [4.78, 5) is 5.72. The maximum atomic E-state index is 12.5. The van der Waals surface area contributed by atoms with E-state index in [0.717, 1.165) is 26.7 Å². The Hall–Kier alpha value is -2.22. The SMILES string of the molecule is COc1ccc(S(=O)(=O)NCc2sc(-c3ccccc3C)nc2C)cc1. The first-order chi connectivity index (χ1) is 12.4. The molecule has 0 aliphatic rings. The highest BCUT2D eigenvalue weighted by Gasteiger charge is 2.17. The Labute approximate surface area is 157 Å². The van der Waals surface area contributed by atoms with E-state index in [1.165, 1.54) is 23.5 Å². The molecule has 7 heteroatoms. The number of thiazole rings is 1. The lowest BCUT2D eigenvalue weighted by atomic mass is 10.1. The van der Waals surface area contributed by atoms with Crippen LogP contribution in [0.15, 0.2) is 53.4 Å². The summed E-state index contributed by atoms with van der Waals surface area (Å²) in [5.74, 6) is 0.616. The molecule has 2 aromatic carbocycles. The van der Waals surface area contributed by atoms with Crippen LogP contribution < -0.4 is 9.46 Å². The van der Waals surface area contributed by atoms with Crippen molar-refractivity contribution in [1.29, 1.82) is 0 Å². The average molecular weight is 389 g/mol. The number of methoxy groups -OCH3 is 1. The number of nitrogens with one attached hydrogen (secondary N) is 1. The minimum atomic E-state index is -3.59. The first kappa shape index (κ1) is 18.6. The molecule has 0 fully saturated rings. The number of hydrogen-bond acceptors (Lipinski definition) is 5. The maximum absolute atomic E-state index is 12.5. The van der Waals surface area contributed by atoms with Crippen molar-refractivity contribution in [2.75, 3.05) is 7.11 Å². The summed E-state index contributed by atoms with van der Waals surface area (Å²) in [7, 11) is -2.05. The number of rotatable bonds is 6. The van der Waals surface area contributed by atoms with Crippen LogP contribution in [0.3, 0.4) is 0 Å². The molecule has 0 bridgehead atoms. The molecule has 1 N–H and O–H groups in total. The van der Waals surface area contributed by atoms with Crippen LogP contribution in [0, 0.1) is 13.8 Å². The van der Waals surface area contributed by atoms with Gasteiger partial charge in [-0.1, -0.05) is 24.3 Å². The molecule has 1 aromatic heterocycles. The van der Waals surface area contributed by atoms with Gasteiger partial charge in [0.1, 0.15) is 10.8 Å². The molecule has 26 heavy (non-hydrogen) atoms. The minimum absolute atomic E-state index is 0.208. The highest BCUT2D eigenvalue weighted by Crippen LogP contribution is 2.30. The zero-order chi connectivity index (χ0) is 18.7. The Kier molecular flexibility index (Phi) is 5.41. The molecule has 0 atom stereocenters. The van der Waals surface area contributed by atoms with E-state index >= 15 is 0 Å². The normalized spacial score (nSPS) is 11.5. The third-order valence-electron chi connectivity index (χ3n) is 4.06. The quantitative estimate of drug-likeness (QED) is 0.695. The Balaban J connectivity index is 1.78. The van der Waals surface area contributed by atoms with Gasteiger partial charge in [-0.25, -0.2) is 18.1 Å². The van der Waals surface area contributed by atoms with E-state index in [4.69, 9.17) is 4.74 Å². The van der Waals surface area contributed by atoms with Crippen LogP contribution in [-0.2, 0) is 16.6 Å². The highest BCUT2D eigenvalue weighted by atomic mass is 32.2. The number of sulfonamides is 1. The fraction of sp³-hybridized carbons (Fsp3) is 0.211. The van der Waals surface area contributed by atoms with E-state index < -0.39 is 10.0 Å². The van der Waals surface area contributed by atoms with Crippen LogP contribution >= 0.6 is 11.3 Å². The number of aryl methyl sites for hydroxylation is 2. The Morgan fingerprint density at radius 3 is 2.42 bits per heavy atom. The molecule has 0 aliphatic carbocycles. The summed E-state index contributed by atoms with van der Waals surface area (Å²) >= 11 is 1.51. The highest BCUT2D eigenvalue weighted by molar-refractivity contribution is 7.89. The van der Waals surface area contributed by atoms with E-state index in [1.54, 1.807) is 19.2 Å². The van der Waals surface area contributed by atoms with Crippen LogP contribution in [0.4, 0.5) is 0 Å². The molecule has 0 radical (unpaired) electrons. The zero-order valence-corrected chi connectivity index (χ0v) is 16.4. The van der Waals surface area contributed by atoms with E-state index in [2.05, 4.69) is 9.71 Å². The molecule has 3 rings (SSSR count).